The highest BCUT2D eigenvalue weighted by Crippen LogP contribution is 2.34. The number of benzene rings is 1. The van der Waals surface area contributed by atoms with Gasteiger partial charge in [-0.25, -0.2) is 4.98 Å². The van der Waals surface area contributed by atoms with Gasteiger partial charge in [-0.05, 0) is 31.0 Å². The number of para-hydroxylation sites is 1. The molecule has 5 rings (SSSR count). The summed E-state index contributed by atoms with van der Waals surface area (Å²) in [6.45, 7) is 0. The van der Waals surface area contributed by atoms with E-state index >= 15 is 0 Å². The van der Waals surface area contributed by atoms with Crippen LogP contribution in [0.1, 0.15) is 49.4 Å². The molecule has 3 heterocycles. The van der Waals surface area contributed by atoms with Gasteiger partial charge in [0, 0.05) is 18.3 Å². The van der Waals surface area contributed by atoms with Gasteiger partial charge in [-0.3, -0.25) is 9.36 Å². The summed E-state index contributed by atoms with van der Waals surface area (Å²) in [6, 6.07) is 6.58. The van der Waals surface area contributed by atoms with Crippen molar-refractivity contribution in [1.29, 1.82) is 0 Å². The molecule has 0 unspecified atom stereocenters. The Kier molecular flexibility index (Phi) is 4.34. The quantitative estimate of drug-likeness (QED) is 0.486. The molecule has 0 spiro atoms. The lowest BCUT2D eigenvalue weighted by Crippen LogP contribution is -2.22. The minimum absolute atomic E-state index is 0.182. The van der Waals surface area contributed by atoms with Gasteiger partial charge in [-0.15, -0.1) is 5.10 Å². The maximum absolute atomic E-state index is 13.4. The summed E-state index contributed by atoms with van der Waals surface area (Å²) in [6.07, 6.45) is 3.66. The van der Waals surface area contributed by atoms with E-state index in [4.69, 9.17) is 0 Å². The fraction of sp³-hybridized carbons (Fsp3) is 0.333. The van der Waals surface area contributed by atoms with Gasteiger partial charge in [0.1, 0.15) is 0 Å². The average Bonchev–Trinajstić information content (AvgIpc) is 3.19. The van der Waals surface area contributed by atoms with Gasteiger partial charge >= 0.3 is 6.18 Å². The molecule has 0 saturated heterocycles. The van der Waals surface area contributed by atoms with E-state index < -0.39 is 17.3 Å². The molecule has 30 heavy (non-hydrogen) atoms. The third-order valence-corrected chi connectivity index (χ3v) is 5.69. The first-order valence-corrected chi connectivity index (χ1v) is 9.87. The molecule has 1 fully saturated rings. The Labute approximate surface area is 169 Å². The zero-order valence-corrected chi connectivity index (χ0v) is 15.9. The van der Waals surface area contributed by atoms with Gasteiger partial charge in [0.2, 0.25) is 0 Å². The molecule has 3 aromatic heterocycles. The molecule has 6 nitrogen and oxygen atoms in total. The van der Waals surface area contributed by atoms with Gasteiger partial charge in [0.15, 0.2) is 5.82 Å². The summed E-state index contributed by atoms with van der Waals surface area (Å²) in [5.41, 5.74) is -1.21. The lowest BCUT2D eigenvalue weighted by Gasteiger charge is -2.17. The molecule has 154 valence electrons. The van der Waals surface area contributed by atoms with Crippen LogP contribution in [0.2, 0.25) is 0 Å². The predicted molar refractivity (Wildman–Crippen MR) is 105 cm³/mol. The Bertz CT molecular complexity index is 1300. The standard InChI is InChI=1S/C21H18F3N5O/c22-21(23,24)15-8-4-5-9-17(15)28-11-10-16-14(19(28)30)12-25-20-26-18(27-29(16)20)13-6-2-1-3-7-13/h4-5,8-13H,1-3,6-7H2. The Hall–Kier alpha value is -3.23. The van der Waals surface area contributed by atoms with E-state index in [1.165, 1.54) is 41.5 Å². The molecule has 0 N–H and O–H groups in total. The smallest absolute Gasteiger partial charge is 0.283 e. The molecule has 0 atom stereocenters. The molecular weight excluding hydrogens is 395 g/mol. The molecular formula is C21H18F3N5O. The SMILES string of the molecule is O=c1c2cnc3nc(C4CCCCC4)nn3c2ccn1-c1ccccc1C(F)(F)F. The van der Waals surface area contributed by atoms with Crippen LogP contribution in [0.5, 0.6) is 0 Å². The van der Waals surface area contributed by atoms with Gasteiger partial charge in [-0.2, -0.15) is 22.7 Å². The number of alkyl halides is 3. The third kappa shape index (κ3) is 3.05. The van der Waals surface area contributed by atoms with Gasteiger partial charge in [0.25, 0.3) is 11.3 Å². The minimum atomic E-state index is -4.58. The van der Waals surface area contributed by atoms with Crippen LogP contribution >= 0.6 is 0 Å². The maximum Gasteiger partial charge on any atom is 0.418 e. The minimum Gasteiger partial charge on any atom is -0.283 e. The van der Waals surface area contributed by atoms with Crippen molar-refractivity contribution in [2.24, 2.45) is 0 Å². The van der Waals surface area contributed by atoms with E-state index in [1.54, 1.807) is 6.07 Å². The van der Waals surface area contributed by atoms with Crippen molar-refractivity contribution >= 4 is 16.7 Å². The van der Waals surface area contributed by atoms with Crippen molar-refractivity contribution in [3.05, 3.63) is 64.5 Å². The van der Waals surface area contributed by atoms with E-state index in [0.717, 1.165) is 36.3 Å². The predicted octanol–water partition coefficient (Wildman–Crippen LogP) is 4.49. The highest BCUT2D eigenvalue weighted by Gasteiger charge is 2.34. The summed E-state index contributed by atoms with van der Waals surface area (Å²) in [4.78, 5) is 21.8. The number of pyridine rings is 1. The molecule has 0 amide bonds. The third-order valence-electron chi connectivity index (χ3n) is 5.69. The number of nitrogens with zero attached hydrogens (tertiary/aromatic N) is 5. The zero-order chi connectivity index (χ0) is 20.9. The van der Waals surface area contributed by atoms with E-state index in [0.29, 0.717) is 17.1 Å². The number of aromatic nitrogens is 5. The van der Waals surface area contributed by atoms with Crippen LogP contribution in [0.25, 0.3) is 22.4 Å². The van der Waals surface area contributed by atoms with Crippen LogP contribution < -0.4 is 5.56 Å². The van der Waals surface area contributed by atoms with Crippen LogP contribution in [0.4, 0.5) is 13.2 Å². The first kappa shape index (κ1) is 18.8. The highest BCUT2D eigenvalue weighted by molar-refractivity contribution is 5.79. The van der Waals surface area contributed by atoms with Crippen molar-refractivity contribution in [3.63, 3.8) is 0 Å². The van der Waals surface area contributed by atoms with Crippen molar-refractivity contribution in [2.75, 3.05) is 0 Å². The van der Waals surface area contributed by atoms with Crippen molar-refractivity contribution in [1.82, 2.24) is 24.1 Å². The van der Waals surface area contributed by atoms with Gasteiger partial charge < -0.3 is 0 Å². The number of halogens is 3. The first-order valence-electron chi connectivity index (χ1n) is 9.87. The largest absolute Gasteiger partial charge is 0.418 e. The second kappa shape index (κ2) is 6.93. The molecule has 0 aliphatic heterocycles. The number of rotatable bonds is 2. The number of hydrogen-bond donors (Lipinski definition) is 0. The van der Waals surface area contributed by atoms with Crippen LogP contribution in [-0.4, -0.2) is 24.1 Å². The van der Waals surface area contributed by atoms with Crippen molar-refractivity contribution in [3.8, 4) is 5.69 Å². The summed E-state index contributed by atoms with van der Waals surface area (Å²) in [5, 5.41) is 4.76. The Morgan fingerprint density at radius 2 is 1.80 bits per heavy atom. The van der Waals surface area contributed by atoms with E-state index in [1.807, 2.05) is 0 Å². The molecule has 1 aliphatic carbocycles. The zero-order valence-electron chi connectivity index (χ0n) is 15.9. The van der Waals surface area contributed by atoms with Gasteiger partial charge in [-0.1, -0.05) is 31.4 Å². The van der Waals surface area contributed by atoms with Crippen molar-refractivity contribution in [2.45, 2.75) is 44.2 Å². The molecule has 1 aromatic carbocycles. The molecule has 1 aliphatic rings. The molecule has 0 bridgehead atoms. The fourth-order valence-electron chi connectivity index (χ4n) is 4.18. The van der Waals surface area contributed by atoms with Gasteiger partial charge in [0.05, 0.1) is 22.2 Å². The lowest BCUT2D eigenvalue weighted by atomic mass is 9.89. The molecule has 4 aromatic rings. The fourth-order valence-corrected chi connectivity index (χ4v) is 4.18. The van der Waals surface area contributed by atoms with E-state index in [-0.39, 0.29) is 17.0 Å². The molecule has 1 saturated carbocycles. The first-order chi connectivity index (χ1) is 14.4. The second-order valence-electron chi connectivity index (χ2n) is 7.58. The highest BCUT2D eigenvalue weighted by atomic mass is 19.4. The monoisotopic (exact) mass is 413 g/mol. The van der Waals surface area contributed by atoms with Crippen LogP contribution in [0.15, 0.2) is 47.5 Å². The second-order valence-corrected chi connectivity index (χ2v) is 7.58. The molecule has 0 radical (unpaired) electrons. The normalized spacial score (nSPS) is 15.8. The Morgan fingerprint density at radius 1 is 1.03 bits per heavy atom. The summed E-state index contributed by atoms with van der Waals surface area (Å²) < 4.78 is 42.8. The van der Waals surface area contributed by atoms with Crippen molar-refractivity contribution < 1.29 is 13.2 Å². The summed E-state index contributed by atoms with van der Waals surface area (Å²) in [5.74, 6) is 1.37. The number of hydrogen-bond acceptors (Lipinski definition) is 4. The summed E-state index contributed by atoms with van der Waals surface area (Å²) in [7, 11) is 0. The lowest BCUT2D eigenvalue weighted by molar-refractivity contribution is -0.137. The summed E-state index contributed by atoms with van der Waals surface area (Å²) >= 11 is 0. The Balaban J connectivity index is 1.67. The topological polar surface area (TPSA) is 65.1 Å². The van der Waals surface area contributed by atoms with E-state index in [9.17, 15) is 18.0 Å². The van der Waals surface area contributed by atoms with Crippen LogP contribution in [-0.2, 0) is 6.18 Å². The molecule has 9 heteroatoms. The van der Waals surface area contributed by atoms with Crippen LogP contribution in [0, 0.1) is 0 Å². The maximum atomic E-state index is 13.4. The number of fused-ring (bicyclic) bond motifs is 3. The Morgan fingerprint density at radius 3 is 2.57 bits per heavy atom. The van der Waals surface area contributed by atoms with E-state index in [2.05, 4.69) is 15.1 Å². The average molecular weight is 413 g/mol. The van der Waals surface area contributed by atoms with Crippen LogP contribution in [0.3, 0.4) is 0 Å².